The standard InChI is InChI=1S/C20H18F2N4O2/c21-15-7-8-17(16(22)13-15)25-20(28)19(27)24-9-4-11-26-12-10-23-18(26)14-5-2-1-3-6-14/h1-3,5-8,10,12-13H,4,9,11H2,(H,24,27)(H,25,28). The lowest BCUT2D eigenvalue weighted by Crippen LogP contribution is -2.36. The molecule has 0 unspecified atom stereocenters. The third kappa shape index (κ3) is 4.79. The van der Waals surface area contributed by atoms with Gasteiger partial charge in [-0.1, -0.05) is 30.3 Å². The fraction of sp³-hybridized carbons (Fsp3) is 0.150. The number of benzene rings is 2. The van der Waals surface area contributed by atoms with Crippen LogP contribution in [0.4, 0.5) is 14.5 Å². The third-order valence-electron chi connectivity index (χ3n) is 3.99. The van der Waals surface area contributed by atoms with Crippen molar-refractivity contribution in [3.63, 3.8) is 0 Å². The van der Waals surface area contributed by atoms with Gasteiger partial charge in [-0.3, -0.25) is 9.59 Å². The summed E-state index contributed by atoms with van der Waals surface area (Å²) in [6.45, 7) is 0.850. The van der Waals surface area contributed by atoms with Crippen molar-refractivity contribution >= 4 is 17.5 Å². The Morgan fingerprint density at radius 3 is 2.57 bits per heavy atom. The van der Waals surface area contributed by atoms with Gasteiger partial charge < -0.3 is 15.2 Å². The maximum absolute atomic E-state index is 13.5. The summed E-state index contributed by atoms with van der Waals surface area (Å²) in [6, 6.07) is 12.4. The SMILES string of the molecule is O=C(NCCCn1ccnc1-c1ccccc1)C(=O)Nc1ccc(F)cc1F. The molecule has 0 bridgehead atoms. The fourth-order valence-corrected chi connectivity index (χ4v) is 2.64. The smallest absolute Gasteiger partial charge is 0.313 e. The minimum Gasteiger partial charge on any atom is -0.348 e. The van der Waals surface area contributed by atoms with E-state index in [1.54, 1.807) is 6.20 Å². The van der Waals surface area contributed by atoms with Crippen LogP contribution in [0.1, 0.15) is 6.42 Å². The van der Waals surface area contributed by atoms with E-state index in [9.17, 15) is 18.4 Å². The van der Waals surface area contributed by atoms with Crippen molar-refractivity contribution in [2.75, 3.05) is 11.9 Å². The zero-order valence-corrected chi connectivity index (χ0v) is 14.9. The van der Waals surface area contributed by atoms with E-state index in [0.29, 0.717) is 19.0 Å². The molecule has 2 N–H and O–H groups in total. The highest BCUT2D eigenvalue weighted by Crippen LogP contribution is 2.17. The molecule has 8 heteroatoms. The van der Waals surface area contributed by atoms with Crippen molar-refractivity contribution in [1.29, 1.82) is 0 Å². The fourth-order valence-electron chi connectivity index (χ4n) is 2.64. The zero-order chi connectivity index (χ0) is 19.9. The number of aromatic nitrogens is 2. The number of aryl methyl sites for hydroxylation is 1. The van der Waals surface area contributed by atoms with Crippen LogP contribution in [0.25, 0.3) is 11.4 Å². The van der Waals surface area contributed by atoms with Crippen molar-refractivity contribution in [2.24, 2.45) is 0 Å². The predicted molar refractivity (Wildman–Crippen MR) is 100 cm³/mol. The summed E-state index contributed by atoms with van der Waals surface area (Å²) in [5, 5.41) is 4.59. The molecule has 1 aromatic heterocycles. The average Bonchev–Trinajstić information content (AvgIpc) is 3.16. The Hall–Kier alpha value is -3.55. The molecule has 144 valence electrons. The van der Waals surface area contributed by atoms with Crippen molar-refractivity contribution in [2.45, 2.75) is 13.0 Å². The number of amides is 2. The van der Waals surface area contributed by atoms with E-state index in [1.165, 1.54) is 0 Å². The van der Waals surface area contributed by atoms with E-state index in [-0.39, 0.29) is 12.2 Å². The summed E-state index contributed by atoms with van der Waals surface area (Å²) < 4.78 is 28.3. The highest BCUT2D eigenvalue weighted by atomic mass is 19.1. The van der Waals surface area contributed by atoms with Crippen molar-refractivity contribution in [3.8, 4) is 11.4 Å². The first-order chi connectivity index (χ1) is 13.5. The molecule has 0 radical (unpaired) electrons. The molecule has 28 heavy (non-hydrogen) atoms. The molecular weight excluding hydrogens is 366 g/mol. The van der Waals surface area contributed by atoms with Crippen molar-refractivity contribution < 1.29 is 18.4 Å². The minimum absolute atomic E-state index is 0.255. The number of nitrogens with one attached hydrogen (secondary N) is 2. The number of anilines is 1. The Morgan fingerprint density at radius 1 is 1.04 bits per heavy atom. The molecule has 0 aliphatic carbocycles. The molecule has 1 heterocycles. The molecule has 3 aromatic rings. The van der Waals surface area contributed by atoms with Crippen LogP contribution in [0.2, 0.25) is 0 Å². The molecule has 2 amide bonds. The van der Waals surface area contributed by atoms with E-state index >= 15 is 0 Å². The Kier molecular flexibility index (Phi) is 6.11. The maximum atomic E-state index is 13.5. The topological polar surface area (TPSA) is 76.0 Å². The third-order valence-corrected chi connectivity index (χ3v) is 3.99. The van der Waals surface area contributed by atoms with Gasteiger partial charge in [-0.2, -0.15) is 0 Å². The number of hydrogen-bond donors (Lipinski definition) is 2. The first-order valence-electron chi connectivity index (χ1n) is 8.65. The van der Waals surface area contributed by atoms with Gasteiger partial charge in [-0.05, 0) is 18.6 Å². The molecule has 2 aromatic carbocycles. The van der Waals surface area contributed by atoms with Crippen molar-refractivity contribution in [3.05, 3.63) is 72.6 Å². The monoisotopic (exact) mass is 384 g/mol. The van der Waals surface area contributed by atoms with Crippen LogP contribution in [0.3, 0.4) is 0 Å². The lowest BCUT2D eigenvalue weighted by atomic mass is 10.2. The molecular formula is C20H18F2N4O2. The Labute approximate surface area is 160 Å². The number of hydrogen-bond acceptors (Lipinski definition) is 3. The maximum Gasteiger partial charge on any atom is 0.313 e. The molecule has 0 fully saturated rings. The van der Waals surface area contributed by atoms with Crippen LogP contribution in [-0.4, -0.2) is 27.9 Å². The minimum atomic E-state index is -1.02. The zero-order valence-electron chi connectivity index (χ0n) is 14.9. The number of halogens is 2. The summed E-state index contributed by atoms with van der Waals surface area (Å²) in [5.74, 6) is -2.81. The largest absolute Gasteiger partial charge is 0.348 e. The van der Waals surface area contributed by atoms with Crippen LogP contribution in [0, 0.1) is 11.6 Å². The molecule has 0 spiro atoms. The van der Waals surface area contributed by atoms with E-state index in [2.05, 4.69) is 15.6 Å². The van der Waals surface area contributed by atoms with E-state index in [4.69, 9.17) is 0 Å². The summed E-state index contributed by atoms with van der Waals surface area (Å²) in [7, 11) is 0. The Morgan fingerprint density at radius 2 is 1.82 bits per heavy atom. The molecule has 0 aliphatic rings. The summed E-state index contributed by atoms with van der Waals surface area (Å²) in [5.41, 5.74) is 0.727. The molecule has 0 saturated heterocycles. The van der Waals surface area contributed by atoms with Gasteiger partial charge in [-0.25, -0.2) is 13.8 Å². The first kappa shape index (κ1) is 19.2. The summed E-state index contributed by atoms with van der Waals surface area (Å²) in [6.07, 6.45) is 4.11. The second kappa shape index (κ2) is 8.90. The predicted octanol–water partition coefficient (Wildman–Crippen LogP) is 2.97. The summed E-state index contributed by atoms with van der Waals surface area (Å²) in [4.78, 5) is 28.0. The van der Waals surface area contributed by atoms with Crippen molar-refractivity contribution in [1.82, 2.24) is 14.9 Å². The van der Waals surface area contributed by atoms with E-state index < -0.39 is 23.4 Å². The van der Waals surface area contributed by atoms with Crippen LogP contribution >= 0.6 is 0 Å². The van der Waals surface area contributed by atoms with Gasteiger partial charge in [-0.15, -0.1) is 0 Å². The number of carbonyl (C=O) groups excluding carboxylic acids is 2. The Balaban J connectivity index is 1.47. The molecule has 0 atom stereocenters. The number of nitrogens with zero attached hydrogens (tertiary/aromatic N) is 2. The number of carbonyl (C=O) groups is 2. The number of imidazole rings is 1. The average molecular weight is 384 g/mol. The van der Waals surface area contributed by atoms with Gasteiger partial charge in [0.25, 0.3) is 0 Å². The second-order valence-electron chi connectivity index (χ2n) is 6.00. The molecule has 0 saturated carbocycles. The normalized spacial score (nSPS) is 10.5. The summed E-state index contributed by atoms with van der Waals surface area (Å²) >= 11 is 0. The highest BCUT2D eigenvalue weighted by molar-refractivity contribution is 6.39. The lowest BCUT2D eigenvalue weighted by molar-refractivity contribution is -0.136. The highest BCUT2D eigenvalue weighted by Gasteiger charge is 2.15. The van der Waals surface area contributed by atoms with E-state index in [1.807, 2.05) is 41.1 Å². The van der Waals surface area contributed by atoms with Crippen LogP contribution < -0.4 is 10.6 Å². The van der Waals surface area contributed by atoms with Gasteiger partial charge in [0.05, 0.1) is 5.69 Å². The van der Waals surface area contributed by atoms with Gasteiger partial charge in [0.2, 0.25) is 0 Å². The van der Waals surface area contributed by atoms with E-state index in [0.717, 1.165) is 23.5 Å². The van der Waals surface area contributed by atoms with Gasteiger partial charge in [0.15, 0.2) is 0 Å². The van der Waals surface area contributed by atoms with Gasteiger partial charge >= 0.3 is 11.8 Å². The molecule has 3 rings (SSSR count). The number of rotatable bonds is 6. The van der Waals surface area contributed by atoms with Crippen LogP contribution in [0.15, 0.2) is 60.9 Å². The van der Waals surface area contributed by atoms with Crippen LogP contribution in [-0.2, 0) is 16.1 Å². The van der Waals surface area contributed by atoms with Gasteiger partial charge in [0, 0.05) is 37.1 Å². The van der Waals surface area contributed by atoms with Crippen LogP contribution in [0.5, 0.6) is 0 Å². The lowest BCUT2D eigenvalue weighted by Gasteiger charge is -2.09. The second-order valence-corrected chi connectivity index (χ2v) is 6.00. The Bertz CT molecular complexity index is 973. The molecule has 0 aliphatic heterocycles. The molecule has 6 nitrogen and oxygen atoms in total. The first-order valence-corrected chi connectivity index (χ1v) is 8.65. The quantitative estimate of drug-likeness (QED) is 0.507. The van der Waals surface area contributed by atoms with Gasteiger partial charge in [0.1, 0.15) is 17.5 Å².